The minimum Gasteiger partial charge on any atom is -0.458 e. The Morgan fingerprint density at radius 1 is 0.632 bits per heavy atom. The lowest BCUT2D eigenvalue weighted by Crippen LogP contribution is -2.20. The monoisotopic (exact) mass is 742 g/mol. The van der Waals surface area contributed by atoms with Crippen LogP contribution >= 0.6 is 0 Å². The average Bonchev–Trinajstić information content (AvgIpc) is 3.84. The normalized spacial score (nSPS) is 24.4. The maximum Gasteiger partial charge on any atom is 0.158 e. The molecule has 0 saturated heterocycles. The summed E-state index contributed by atoms with van der Waals surface area (Å²) >= 11 is 0. The quantitative estimate of drug-likeness (QED) is 0.204. The number of rotatable bonds is 7. The fourth-order valence-corrected chi connectivity index (χ4v) is 10.6. The number of furan rings is 1. The maximum absolute atomic E-state index is 6.83. The molecule has 57 heavy (non-hydrogen) atoms. The van der Waals surface area contributed by atoms with Crippen LogP contribution in [0.1, 0.15) is 90.3 Å². The zero-order chi connectivity index (χ0) is 37.7. The number of aryl methyl sites for hydroxylation is 1. The lowest BCUT2D eigenvalue weighted by molar-refractivity contribution is 0.463. The summed E-state index contributed by atoms with van der Waals surface area (Å²) in [6.07, 6.45) is 52.9. The fourth-order valence-electron chi connectivity index (χ4n) is 10.6. The van der Waals surface area contributed by atoms with E-state index in [4.69, 9.17) is 4.42 Å². The number of anilines is 1. The van der Waals surface area contributed by atoms with Crippen LogP contribution in [0.15, 0.2) is 160 Å². The number of benzene rings is 2. The molecule has 4 unspecified atom stereocenters. The van der Waals surface area contributed by atoms with E-state index < -0.39 is 0 Å². The molecule has 0 amide bonds. The second-order valence-electron chi connectivity index (χ2n) is 16.8. The van der Waals surface area contributed by atoms with Gasteiger partial charge < -0.3 is 14.3 Å². The van der Waals surface area contributed by atoms with Gasteiger partial charge in [-0.3, -0.25) is 0 Å². The summed E-state index contributed by atoms with van der Waals surface area (Å²) in [5.41, 5.74) is 17.3. The molecule has 3 nitrogen and oxygen atoms in total. The summed E-state index contributed by atoms with van der Waals surface area (Å²) in [5.74, 6) is 2.88. The second kappa shape index (κ2) is 14.6. The van der Waals surface area contributed by atoms with Crippen LogP contribution in [0.2, 0.25) is 0 Å². The molecule has 0 bridgehead atoms. The molecular weight excluding hydrogens is 693 g/mol. The summed E-state index contributed by atoms with van der Waals surface area (Å²) in [6, 6.07) is 15.7. The highest BCUT2D eigenvalue weighted by Gasteiger charge is 2.31. The van der Waals surface area contributed by atoms with Crippen molar-refractivity contribution in [3.8, 4) is 5.69 Å². The molecule has 0 radical (unpaired) electrons. The van der Waals surface area contributed by atoms with E-state index in [0.717, 1.165) is 81.2 Å². The van der Waals surface area contributed by atoms with Crippen LogP contribution in [0.3, 0.4) is 0 Å². The number of fused-ring (bicyclic) bond motifs is 6. The zero-order valence-corrected chi connectivity index (χ0v) is 32.7. The molecular formula is C54H50N2O. The van der Waals surface area contributed by atoms with Gasteiger partial charge in [0.2, 0.25) is 0 Å². The van der Waals surface area contributed by atoms with Gasteiger partial charge in [0.05, 0.1) is 5.69 Å². The van der Waals surface area contributed by atoms with Crippen LogP contribution in [0, 0.1) is 17.8 Å². The second-order valence-corrected chi connectivity index (χ2v) is 16.8. The van der Waals surface area contributed by atoms with Gasteiger partial charge in [0.15, 0.2) is 5.58 Å². The summed E-state index contributed by atoms with van der Waals surface area (Å²) in [7, 11) is 0. The van der Waals surface area contributed by atoms with Gasteiger partial charge in [-0.1, -0.05) is 133 Å². The first-order valence-electron chi connectivity index (χ1n) is 21.4. The number of allylic oxidation sites excluding steroid dienone is 18. The zero-order valence-electron chi connectivity index (χ0n) is 32.7. The lowest BCUT2D eigenvalue weighted by atomic mass is 9.78. The van der Waals surface area contributed by atoms with Crippen molar-refractivity contribution in [1.82, 2.24) is 4.57 Å². The predicted octanol–water partition coefficient (Wildman–Crippen LogP) is 13.6. The average molecular weight is 743 g/mol. The van der Waals surface area contributed by atoms with E-state index in [2.05, 4.69) is 162 Å². The lowest BCUT2D eigenvalue weighted by Gasteiger charge is -2.28. The van der Waals surface area contributed by atoms with Crippen LogP contribution in [-0.4, -0.2) is 4.57 Å². The first-order valence-corrected chi connectivity index (χ1v) is 21.4. The molecule has 2 heterocycles. The van der Waals surface area contributed by atoms with Crippen molar-refractivity contribution in [2.45, 2.75) is 70.1 Å². The molecule has 4 aromatic rings. The van der Waals surface area contributed by atoms with Gasteiger partial charge in [0, 0.05) is 63.1 Å². The Bertz CT molecular complexity index is 2610. The van der Waals surface area contributed by atoms with Gasteiger partial charge in [0.25, 0.3) is 0 Å². The number of para-hydroxylation sites is 1. The minimum atomic E-state index is 0.322. The summed E-state index contributed by atoms with van der Waals surface area (Å²) in [4.78, 5) is 0. The summed E-state index contributed by atoms with van der Waals surface area (Å²) in [5, 5.41) is 5.22. The fraction of sp³-hybridized carbons (Fsp3) is 0.259. The van der Waals surface area contributed by atoms with Gasteiger partial charge in [0.1, 0.15) is 5.76 Å². The smallest absolute Gasteiger partial charge is 0.158 e. The molecule has 7 aliphatic rings. The van der Waals surface area contributed by atoms with E-state index in [1.807, 2.05) is 0 Å². The third-order valence-corrected chi connectivity index (χ3v) is 13.5. The van der Waals surface area contributed by atoms with Gasteiger partial charge in [-0.15, -0.1) is 0 Å². The molecule has 3 heteroatoms. The van der Waals surface area contributed by atoms with Gasteiger partial charge >= 0.3 is 0 Å². The van der Waals surface area contributed by atoms with Crippen molar-refractivity contribution in [3.63, 3.8) is 0 Å². The Kier molecular flexibility index (Phi) is 8.83. The molecule has 11 rings (SSSR count). The highest BCUT2D eigenvalue weighted by molar-refractivity contribution is 6.00. The predicted molar refractivity (Wildman–Crippen MR) is 238 cm³/mol. The summed E-state index contributed by atoms with van der Waals surface area (Å²) < 4.78 is 9.41. The highest BCUT2D eigenvalue weighted by atomic mass is 16.3. The van der Waals surface area contributed by atoms with Crippen molar-refractivity contribution in [3.05, 3.63) is 195 Å². The van der Waals surface area contributed by atoms with Gasteiger partial charge in [-0.2, -0.15) is 0 Å². The Labute approximate surface area is 337 Å². The molecule has 0 aliphatic heterocycles. The van der Waals surface area contributed by atoms with Crippen LogP contribution in [0.4, 0.5) is 5.69 Å². The van der Waals surface area contributed by atoms with Crippen molar-refractivity contribution >= 4 is 34.9 Å². The minimum absolute atomic E-state index is 0.322. The largest absolute Gasteiger partial charge is 0.458 e. The Balaban J connectivity index is 0.869. The Morgan fingerprint density at radius 2 is 1.46 bits per heavy atom. The standard InChI is InChI=1S/C54H50N2O/c1-3-14-36(15-4-1)39-16-13-17-41(34-39)44-32-33-49(54-53(44)47-22-9-12-25-52(47)57-54)55-48-23-10-7-20-43(48)38-28-26-37(27-29-38)40-30-31-46-45-21-8-11-24-50(45)56(51(46)35-40)42-18-5-2-6-19-42/h1-6,8-10,13-14,16-19,21-23,26,28-33,36-37,40-41,55H,7,11-12,15,20,24-25,27,34-35H2. The Hall–Kier alpha value is -5.80. The molecule has 2 aromatic heterocycles. The third-order valence-electron chi connectivity index (χ3n) is 13.5. The van der Waals surface area contributed by atoms with E-state index in [1.54, 1.807) is 0 Å². The SMILES string of the molecule is C1=CCC(C2=CC=CC(c3ccc(NC4=C(C5=CCC(C6C=Cc7c8c(n(-c9ccccc9)c7C6)CCC=C8)C=C5)CCC=C4)c4oc5c(c34)C=CCC5)C2)C=C1. The van der Waals surface area contributed by atoms with Crippen molar-refractivity contribution < 1.29 is 4.42 Å². The molecule has 4 atom stereocenters. The van der Waals surface area contributed by atoms with Crippen molar-refractivity contribution in [2.24, 2.45) is 17.8 Å². The molecule has 0 saturated carbocycles. The van der Waals surface area contributed by atoms with E-state index in [0.29, 0.717) is 23.7 Å². The third kappa shape index (κ3) is 6.20. The molecule has 0 fully saturated rings. The van der Waals surface area contributed by atoms with E-state index in [-0.39, 0.29) is 0 Å². The Morgan fingerprint density at radius 3 is 2.33 bits per heavy atom. The number of aromatic nitrogens is 1. The first-order chi connectivity index (χ1) is 28.3. The van der Waals surface area contributed by atoms with Crippen LogP contribution < -0.4 is 5.32 Å². The van der Waals surface area contributed by atoms with Crippen LogP contribution in [-0.2, 0) is 19.3 Å². The topological polar surface area (TPSA) is 30.1 Å². The van der Waals surface area contributed by atoms with Crippen LogP contribution in [0.5, 0.6) is 0 Å². The van der Waals surface area contributed by atoms with Crippen molar-refractivity contribution in [2.75, 3.05) is 5.32 Å². The van der Waals surface area contributed by atoms with Gasteiger partial charge in [-0.05, 0) is 111 Å². The molecule has 282 valence electrons. The maximum atomic E-state index is 6.83. The van der Waals surface area contributed by atoms with E-state index >= 15 is 0 Å². The number of hydrogen-bond donors (Lipinski definition) is 1. The number of nitrogens with one attached hydrogen (secondary N) is 1. The number of nitrogens with zero attached hydrogens (tertiary/aromatic N) is 1. The van der Waals surface area contributed by atoms with Crippen molar-refractivity contribution in [1.29, 1.82) is 0 Å². The van der Waals surface area contributed by atoms with E-state index in [1.165, 1.54) is 67.1 Å². The summed E-state index contributed by atoms with van der Waals surface area (Å²) in [6.45, 7) is 0. The molecule has 2 aromatic carbocycles. The van der Waals surface area contributed by atoms with E-state index in [9.17, 15) is 0 Å². The van der Waals surface area contributed by atoms with Crippen LogP contribution in [0.25, 0.3) is 34.9 Å². The molecule has 7 aliphatic carbocycles. The highest BCUT2D eigenvalue weighted by Crippen LogP contribution is 2.45. The molecule has 0 spiro atoms. The van der Waals surface area contributed by atoms with Gasteiger partial charge in [-0.25, -0.2) is 0 Å². The first kappa shape index (κ1) is 34.4. The molecule has 1 N–H and O–H groups in total. The number of hydrogen-bond acceptors (Lipinski definition) is 2.